The summed E-state index contributed by atoms with van der Waals surface area (Å²) in [5.41, 5.74) is 0.944. The van der Waals surface area contributed by atoms with Crippen molar-refractivity contribution in [3.05, 3.63) is 28.7 Å². The lowest BCUT2D eigenvalue weighted by Gasteiger charge is -2.13. The molecule has 9 heteroatoms. The molecule has 0 radical (unpaired) electrons. The lowest BCUT2D eigenvalue weighted by molar-refractivity contribution is -0.162. The highest BCUT2D eigenvalue weighted by atomic mass is 16.5. The molecule has 0 spiro atoms. The largest absolute Gasteiger partial charge is 0.468 e. The Hall–Kier alpha value is -3.10. The molecule has 9 nitrogen and oxygen atoms in total. The predicted octanol–water partition coefficient (Wildman–Crippen LogP) is 0.147. The Morgan fingerprint density at radius 1 is 1.17 bits per heavy atom. The fourth-order valence-electron chi connectivity index (χ4n) is 1.98. The van der Waals surface area contributed by atoms with Gasteiger partial charge in [0.15, 0.2) is 0 Å². The van der Waals surface area contributed by atoms with E-state index < -0.39 is 23.8 Å². The molecule has 3 N–H and O–H groups in total. The van der Waals surface area contributed by atoms with E-state index in [0.717, 1.165) is 7.11 Å². The van der Waals surface area contributed by atoms with Gasteiger partial charge in [0.05, 0.1) is 24.8 Å². The lowest BCUT2D eigenvalue weighted by Crippen LogP contribution is -2.38. The van der Waals surface area contributed by atoms with Gasteiger partial charge in [-0.15, -0.1) is 0 Å². The fourth-order valence-corrected chi connectivity index (χ4v) is 1.98. The third-order valence-electron chi connectivity index (χ3n) is 3.00. The SMILES string of the molecule is CCOC(=O)C(C(=O)Nc1ccc2[nH]c(=O)[nH]c2c1)C(=O)OC. The summed E-state index contributed by atoms with van der Waals surface area (Å²) < 4.78 is 9.17. The molecular formula is C14H15N3O6. The highest BCUT2D eigenvalue weighted by Gasteiger charge is 2.36. The van der Waals surface area contributed by atoms with Gasteiger partial charge >= 0.3 is 17.6 Å². The Balaban J connectivity index is 2.23. The molecule has 1 aromatic heterocycles. The van der Waals surface area contributed by atoms with E-state index in [0.29, 0.717) is 16.7 Å². The number of methoxy groups -OCH3 is 1. The zero-order valence-corrected chi connectivity index (χ0v) is 12.5. The first-order valence-electron chi connectivity index (χ1n) is 6.73. The van der Waals surface area contributed by atoms with E-state index in [2.05, 4.69) is 20.0 Å². The number of carbonyl (C=O) groups excluding carboxylic acids is 3. The van der Waals surface area contributed by atoms with E-state index in [1.807, 2.05) is 0 Å². The Bertz CT molecular complexity index is 806. The number of anilines is 1. The van der Waals surface area contributed by atoms with Crippen molar-refractivity contribution < 1.29 is 23.9 Å². The predicted molar refractivity (Wildman–Crippen MR) is 79.7 cm³/mol. The van der Waals surface area contributed by atoms with Crippen LogP contribution in [0.5, 0.6) is 0 Å². The number of fused-ring (bicyclic) bond motifs is 1. The monoisotopic (exact) mass is 321 g/mol. The van der Waals surface area contributed by atoms with Gasteiger partial charge in [-0.05, 0) is 25.1 Å². The van der Waals surface area contributed by atoms with Crippen LogP contribution >= 0.6 is 0 Å². The molecule has 1 unspecified atom stereocenters. The number of ether oxygens (including phenoxy) is 2. The molecule has 23 heavy (non-hydrogen) atoms. The van der Waals surface area contributed by atoms with Crippen molar-refractivity contribution in [1.82, 2.24) is 9.97 Å². The van der Waals surface area contributed by atoms with Gasteiger partial charge in [0.25, 0.3) is 0 Å². The molecule has 1 aromatic carbocycles. The summed E-state index contributed by atoms with van der Waals surface area (Å²) >= 11 is 0. The van der Waals surface area contributed by atoms with Gasteiger partial charge in [0, 0.05) is 5.69 Å². The van der Waals surface area contributed by atoms with E-state index in [1.165, 1.54) is 12.1 Å². The molecule has 122 valence electrons. The van der Waals surface area contributed by atoms with E-state index in [1.54, 1.807) is 13.0 Å². The van der Waals surface area contributed by atoms with Crippen LogP contribution in [0.1, 0.15) is 6.92 Å². The minimum atomic E-state index is -1.72. The molecular weight excluding hydrogens is 306 g/mol. The Kier molecular flexibility index (Phi) is 4.79. The second-order valence-corrected chi connectivity index (χ2v) is 4.54. The van der Waals surface area contributed by atoms with Crippen molar-refractivity contribution in [2.24, 2.45) is 5.92 Å². The highest BCUT2D eigenvalue weighted by molar-refractivity contribution is 6.18. The summed E-state index contributed by atoms with van der Waals surface area (Å²) in [6.45, 7) is 1.58. The second kappa shape index (κ2) is 6.77. The number of benzene rings is 1. The van der Waals surface area contributed by atoms with Crippen LogP contribution in [0.15, 0.2) is 23.0 Å². The third-order valence-corrected chi connectivity index (χ3v) is 3.00. The zero-order valence-electron chi connectivity index (χ0n) is 12.5. The van der Waals surface area contributed by atoms with Crippen LogP contribution in [0.2, 0.25) is 0 Å². The molecule has 0 aliphatic heterocycles. The van der Waals surface area contributed by atoms with Crippen molar-refractivity contribution >= 4 is 34.6 Å². The molecule has 0 fully saturated rings. The standard InChI is InChI=1S/C14H15N3O6/c1-3-23-13(20)10(12(19)22-2)11(18)15-7-4-5-8-9(6-7)17-14(21)16-8/h4-6,10H,3H2,1-2H3,(H,15,18)(H2,16,17,21). The maximum atomic E-state index is 12.2. The fraction of sp³-hybridized carbons (Fsp3) is 0.286. The van der Waals surface area contributed by atoms with E-state index >= 15 is 0 Å². The second-order valence-electron chi connectivity index (χ2n) is 4.54. The van der Waals surface area contributed by atoms with E-state index in [-0.39, 0.29) is 12.3 Å². The van der Waals surface area contributed by atoms with Gasteiger partial charge < -0.3 is 24.8 Å². The first-order chi connectivity index (χ1) is 11.0. The van der Waals surface area contributed by atoms with Gasteiger partial charge in [-0.3, -0.25) is 14.4 Å². The summed E-state index contributed by atoms with van der Waals surface area (Å²) in [5.74, 6) is -4.61. The summed E-state index contributed by atoms with van der Waals surface area (Å²) in [7, 11) is 1.07. The van der Waals surface area contributed by atoms with Crippen molar-refractivity contribution in [3.63, 3.8) is 0 Å². The normalized spacial score (nSPS) is 11.7. The minimum absolute atomic E-state index is 0.0240. The first-order valence-corrected chi connectivity index (χ1v) is 6.73. The minimum Gasteiger partial charge on any atom is -0.468 e. The number of esters is 2. The van der Waals surface area contributed by atoms with Crippen LogP contribution in [-0.4, -0.2) is 41.5 Å². The summed E-state index contributed by atoms with van der Waals surface area (Å²) in [6.07, 6.45) is 0. The van der Waals surface area contributed by atoms with Crippen LogP contribution < -0.4 is 11.0 Å². The summed E-state index contributed by atoms with van der Waals surface area (Å²) in [6, 6.07) is 4.58. The summed E-state index contributed by atoms with van der Waals surface area (Å²) in [4.78, 5) is 51.9. The van der Waals surface area contributed by atoms with E-state index in [4.69, 9.17) is 4.74 Å². The molecule has 2 rings (SSSR count). The average Bonchev–Trinajstić information content (AvgIpc) is 2.86. The number of nitrogens with one attached hydrogen (secondary N) is 3. The number of imidazole rings is 1. The highest BCUT2D eigenvalue weighted by Crippen LogP contribution is 2.16. The van der Waals surface area contributed by atoms with Gasteiger partial charge in [-0.1, -0.05) is 0 Å². The molecule has 0 bridgehead atoms. The lowest BCUT2D eigenvalue weighted by atomic mass is 10.1. The number of aromatic nitrogens is 2. The molecule has 0 aliphatic rings. The quantitative estimate of drug-likeness (QED) is 0.530. The first kappa shape index (κ1) is 16.3. The number of rotatable bonds is 5. The van der Waals surface area contributed by atoms with Crippen molar-refractivity contribution in [3.8, 4) is 0 Å². The van der Waals surface area contributed by atoms with Crippen molar-refractivity contribution in [1.29, 1.82) is 0 Å². The van der Waals surface area contributed by atoms with Crippen LogP contribution in [0.4, 0.5) is 5.69 Å². The van der Waals surface area contributed by atoms with E-state index in [9.17, 15) is 19.2 Å². The maximum Gasteiger partial charge on any atom is 0.330 e. The Morgan fingerprint density at radius 2 is 1.87 bits per heavy atom. The van der Waals surface area contributed by atoms with Gasteiger partial charge in [0.2, 0.25) is 11.8 Å². The molecule has 0 saturated heterocycles. The van der Waals surface area contributed by atoms with Crippen molar-refractivity contribution in [2.75, 3.05) is 19.0 Å². The smallest absolute Gasteiger partial charge is 0.330 e. The average molecular weight is 321 g/mol. The van der Waals surface area contributed by atoms with Gasteiger partial charge in [-0.2, -0.15) is 0 Å². The number of aromatic amines is 2. The Labute approximate surface area is 130 Å². The van der Waals surface area contributed by atoms with Crippen molar-refractivity contribution in [2.45, 2.75) is 6.92 Å². The summed E-state index contributed by atoms with van der Waals surface area (Å²) in [5, 5.41) is 2.42. The van der Waals surface area contributed by atoms with Crippen LogP contribution in [0.3, 0.4) is 0 Å². The van der Waals surface area contributed by atoms with Crippen LogP contribution in [0.25, 0.3) is 11.0 Å². The number of carbonyl (C=O) groups is 3. The zero-order chi connectivity index (χ0) is 17.0. The van der Waals surface area contributed by atoms with Gasteiger partial charge in [-0.25, -0.2) is 4.79 Å². The number of H-pyrrole nitrogens is 2. The molecule has 0 aliphatic carbocycles. The van der Waals surface area contributed by atoms with Crippen LogP contribution in [0, 0.1) is 5.92 Å². The molecule has 1 atom stereocenters. The van der Waals surface area contributed by atoms with Gasteiger partial charge in [0.1, 0.15) is 0 Å². The molecule has 1 amide bonds. The number of amides is 1. The maximum absolute atomic E-state index is 12.2. The van der Waals surface area contributed by atoms with Crippen LogP contribution in [-0.2, 0) is 23.9 Å². The number of hydrogen-bond acceptors (Lipinski definition) is 6. The molecule has 1 heterocycles. The molecule has 2 aromatic rings. The molecule has 0 saturated carbocycles. The third kappa shape index (κ3) is 3.57. The topological polar surface area (TPSA) is 130 Å². The number of hydrogen-bond donors (Lipinski definition) is 3. The Morgan fingerprint density at radius 3 is 2.52 bits per heavy atom.